The molecule has 0 saturated heterocycles. The Bertz CT molecular complexity index is 3010. The quantitative estimate of drug-likeness (QED) is 0.168. The van der Waals surface area contributed by atoms with Gasteiger partial charge in [-0.25, -0.2) is 15.0 Å². The molecule has 0 aliphatic heterocycles. The van der Waals surface area contributed by atoms with Crippen LogP contribution >= 0.6 is 0 Å². The summed E-state index contributed by atoms with van der Waals surface area (Å²) in [6.45, 7) is 0. The number of hydrogen-bond donors (Lipinski definition) is 0. The first-order valence-electron chi connectivity index (χ1n) is 18.8. The molecule has 0 saturated carbocycles. The molecule has 0 unspecified atom stereocenters. The van der Waals surface area contributed by atoms with Crippen LogP contribution in [0.25, 0.3) is 83.0 Å². The van der Waals surface area contributed by atoms with Crippen molar-refractivity contribution in [3.63, 3.8) is 0 Å². The van der Waals surface area contributed by atoms with Gasteiger partial charge < -0.3 is 4.40 Å². The van der Waals surface area contributed by atoms with E-state index in [2.05, 4.69) is 0 Å². The molecule has 0 radical (unpaired) electrons. The molecule has 4 heteroatoms. The summed E-state index contributed by atoms with van der Waals surface area (Å²) in [5.74, 6) is 0.368. The standard InChI is InChI=1S/C37H22N4/c1-3-10-24(11-4-1)35-38-36(25-12-5-2-6-13-25)40-37(39-35)26-20-21-27-29-17-9-18-30-28-16-7-14-23-15-8-19-31(33(23)28)41(34(29)30)32(27)22-26/h1-22H/i7D,8D,9D,14D,15D,16D,17D,18D,19D,20D,21D,22D. The summed E-state index contributed by atoms with van der Waals surface area (Å²) in [5.41, 5.74) is 0.816. The second-order valence-electron chi connectivity index (χ2n) is 9.54. The molecule has 0 atom stereocenters. The van der Waals surface area contributed by atoms with Gasteiger partial charge in [0.15, 0.2) is 17.5 Å². The highest BCUT2D eigenvalue weighted by Crippen LogP contribution is 2.41. The smallest absolute Gasteiger partial charge is 0.164 e. The van der Waals surface area contributed by atoms with Crippen LogP contribution in [0.5, 0.6) is 0 Å². The monoisotopic (exact) mass is 534 g/mol. The van der Waals surface area contributed by atoms with Gasteiger partial charge in [0.05, 0.1) is 33.0 Å². The summed E-state index contributed by atoms with van der Waals surface area (Å²) in [5, 5.41) is -0.677. The molecule has 41 heavy (non-hydrogen) atoms. The third-order valence-corrected chi connectivity index (χ3v) is 7.22. The number of nitrogens with zero attached hydrogens (tertiary/aromatic N) is 4. The van der Waals surface area contributed by atoms with Crippen molar-refractivity contribution >= 4 is 48.9 Å². The van der Waals surface area contributed by atoms with Gasteiger partial charge in [0.25, 0.3) is 0 Å². The topological polar surface area (TPSA) is 43.1 Å². The minimum absolute atomic E-state index is 0.0137. The van der Waals surface area contributed by atoms with E-state index in [9.17, 15) is 4.11 Å². The number of fused-ring (bicyclic) bond motifs is 5. The van der Waals surface area contributed by atoms with Crippen LogP contribution in [0.4, 0.5) is 0 Å². The number of benzene rings is 6. The number of hydrogen-bond acceptors (Lipinski definition) is 3. The second-order valence-corrected chi connectivity index (χ2v) is 9.54. The van der Waals surface area contributed by atoms with Gasteiger partial charge in [-0.15, -0.1) is 0 Å². The molecule has 9 rings (SSSR count). The van der Waals surface area contributed by atoms with Crippen LogP contribution in [0.1, 0.15) is 16.4 Å². The van der Waals surface area contributed by atoms with Crippen molar-refractivity contribution in [1.82, 2.24) is 19.4 Å². The van der Waals surface area contributed by atoms with Crippen LogP contribution in [0.15, 0.2) is 133 Å². The average molecular weight is 535 g/mol. The van der Waals surface area contributed by atoms with Gasteiger partial charge in [0.1, 0.15) is 0 Å². The van der Waals surface area contributed by atoms with Crippen molar-refractivity contribution in [3.05, 3.63) is 133 Å². The number of rotatable bonds is 3. The van der Waals surface area contributed by atoms with Crippen molar-refractivity contribution in [2.45, 2.75) is 0 Å². The first-order valence-corrected chi connectivity index (χ1v) is 12.8. The average Bonchev–Trinajstić information content (AvgIpc) is 3.53. The van der Waals surface area contributed by atoms with E-state index in [4.69, 9.17) is 27.3 Å². The molecule has 3 heterocycles. The maximum Gasteiger partial charge on any atom is 0.164 e. The van der Waals surface area contributed by atoms with Gasteiger partial charge in [0, 0.05) is 38.2 Å². The Kier molecular flexibility index (Phi) is 2.81. The van der Waals surface area contributed by atoms with Gasteiger partial charge in [-0.1, -0.05) is 121 Å². The van der Waals surface area contributed by atoms with E-state index in [1.165, 1.54) is 4.40 Å². The zero-order valence-corrected chi connectivity index (χ0v) is 21.1. The highest BCUT2D eigenvalue weighted by molar-refractivity contribution is 6.26. The SMILES string of the molecule is [2H]c1c([2H])c2c([2H])c([2H])c([2H])c3c2c(c1[2H])c1c([2H])c([2H])c([2H])c2c4c([2H])c([2H])c(-c5nc(-c6ccccc6)nc(-c6ccccc6)n5)c([2H])c4n3c12. The highest BCUT2D eigenvalue weighted by Gasteiger charge is 2.19. The van der Waals surface area contributed by atoms with Crippen LogP contribution in [-0.4, -0.2) is 19.4 Å². The van der Waals surface area contributed by atoms with Crippen molar-refractivity contribution < 1.29 is 16.4 Å². The molecule has 4 nitrogen and oxygen atoms in total. The van der Waals surface area contributed by atoms with E-state index < -0.39 is 72.5 Å². The lowest BCUT2D eigenvalue weighted by Gasteiger charge is -2.13. The summed E-state index contributed by atoms with van der Waals surface area (Å²) in [4.78, 5) is 14.1. The molecule has 0 spiro atoms. The Morgan fingerprint density at radius 2 is 1.05 bits per heavy atom. The predicted octanol–water partition coefficient (Wildman–Crippen LogP) is 9.18. The third kappa shape index (κ3) is 3.25. The zero-order chi connectivity index (χ0) is 37.4. The molecular weight excluding hydrogens is 500 g/mol. The lowest BCUT2D eigenvalue weighted by atomic mass is 9.99. The Balaban J connectivity index is 1.56. The predicted molar refractivity (Wildman–Crippen MR) is 168 cm³/mol. The summed E-state index contributed by atoms with van der Waals surface area (Å²) in [7, 11) is 0. The van der Waals surface area contributed by atoms with Crippen LogP contribution in [0.2, 0.25) is 0 Å². The lowest BCUT2D eigenvalue weighted by Crippen LogP contribution is -2.00. The molecule has 0 N–H and O–H groups in total. The Hall–Kier alpha value is -5.61. The molecule has 190 valence electrons. The Labute approximate surface area is 252 Å². The van der Waals surface area contributed by atoms with Gasteiger partial charge in [-0.3, -0.25) is 0 Å². The van der Waals surface area contributed by atoms with Crippen molar-refractivity contribution in [3.8, 4) is 34.2 Å². The van der Waals surface area contributed by atoms with Crippen LogP contribution in [0.3, 0.4) is 0 Å². The van der Waals surface area contributed by atoms with Gasteiger partial charge in [-0.2, -0.15) is 0 Å². The second kappa shape index (κ2) is 8.44. The van der Waals surface area contributed by atoms with E-state index in [1.54, 1.807) is 24.3 Å². The van der Waals surface area contributed by atoms with E-state index in [0.29, 0.717) is 11.1 Å². The maximum absolute atomic E-state index is 9.75. The number of para-hydroxylation sites is 1. The van der Waals surface area contributed by atoms with Crippen molar-refractivity contribution in [2.24, 2.45) is 0 Å². The Morgan fingerprint density at radius 3 is 1.73 bits per heavy atom. The normalized spacial score (nSPS) is 16.0. The molecule has 0 bridgehead atoms. The minimum Gasteiger partial charge on any atom is -0.308 e. The van der Waals surface area contributed by atoms with Crippen LogP contribution < -0.4 is 0 Å². The zero-order valence-electron chi connectivity index (χ0n) is 33.1. The first-order chi connectivity index (χ1) is 25.3. The fraction of sp³-hybridized carbons (Fsp3) is 0. The molecular formula is C37H22N4. The van der Waals surface area contributed by atoms with E-state index in [1.807, 2.05) is 36.4 Å². The number of aromatic nitrogens is 4. The fourth-order valence-corrected chi connectivity index (χ4v) is 5.41. The van der Waals surface area contributed by atoms with Crippen LogP contribution in [-0.2, 0) is 0 Å². The molecule has 0 amide bonds. The highest BCUT2D eigenvalue weighted by atomic mass is 15.0. The fourth-order valence-electron chi connectivity index (χ4n) is 5.41. The molecule has 0 aliphatic rings. The third-order valence-electron chi connectivity index (χ3n) is 7.22. The van der Waals surface area contributed by atoms with Gasteiger partial charge in [-0.05, 0) is 22.9 Å². The van der Waals surface area contributed by atoms with Crippen molar-refractivity contribution in [1.29, 1.82) is 0 Å². The Morgan fingerprint density at radius 1 is 0.488 bits per heavy atom. The van der Waals surface area contributed by atoms with E-state index >= 15 is 0 Å². The summed E-state index contributed by atoms with van der Waals surface area (Å²) in [6.07, 6.45) is 0. The molecule has 6 aromatic carbocycles. The molecule has 0 aliphatic carbocycles. The maximum atomic E-state index is 9.75. The molecule has 3 aromatic heterocycles. The number of pyridine rings is 1. The summed E-state index contributed by atoms with van der Waals surface area (Å²) >= 11 is 0. The van der Waals surface area contributed by atoms with Gasteiger partial charge >= 0.3 is 0 Å². The van der Waals surface area contributed by atoms with Crippen molar-refractivity contribution in [2.75, 3.05) is 0 Å². The first kappa shape index (κ1) is 13.6. The van der Waals surface area contributed by atoms with Gasteiger partial charge in [0.2, 0.25) is 0 Å². The lowest BCUT2D eigenvalue weighted by molar-refractivity contribution is 1.07. The molecule has 9 aromatic rings. The van der Waals surface area contributed by atoms with E-state index in [-0.39, 0.29) is 71.9 Å². The minimum atomic E-state index is -0.593. The molecule has 0 fully saturated rings. The summed E-state index contributed by atoms with van der Waals surface area (Å²) < 4.78 is 109. The summed E-state index contributed by atoms with van der Waals surface area (Å²) in [6, 6.07) is 11.9. The van der Waals surface area contributed by atoms with E-state index in [0.717, 1.165) is 0 Å². The largest absolute Gasteiger partial charge is 0.308 e. The van der Waals surface area contributed by atoms with Crippen LogP contribution in [0, 0.1) is 0 Å².